The minimum atomic E-state index is -0.107. The first kappa shape index (κ1) is 26.6. The van der Waals surface area contributed by atoms with Crippen molar-refractivity contribution in [2.75, 3.05) is 0 Å². The highest BCUT2D eigenvalue weighted by atomic mass is 32.1. The maximum Gasteiger partial charge on any atom is 0.115 e. The van der Waals surface area contributed by atoms with Gasteiger partial charge in [-0.3, -0.25) is 0 Å². The largest absolute Gasteiger partial charge is 0.249 e. The molecule has 5 heteroatoms. The fourth-order valence-corrected chi connectivity index (χ4v) is 8.52. The number of aromatic nitrogens is 4. The third-order valence-electron chi connectivity index (χ3n) is 10.5. The van der Waals surface area contributed by atoms with Crippen molar-refractivity contribution in [2.24, 2.45) is 0 Å². The third-order valence-corrected chi connectivity index (χ3v) is 11.0. The van der Waals surface area contributed by atoms with Gasteiger partial charge in [0.2, 0.25) is 0 Å². The zero-order valence-corrected chi connectivity index (χ0v) is 27.1. The monoisotopic (exact) mass is 600 g/mol. The van der Waals surface area contributed by atoms with Crippen LogP contribution in [0.2, 0.25) is 0 Å². The minimum Gasteiger partial charge on any atom is -0.249 e. The molecule has 2 aliphatic carbocycles. The van der Waals surface area contributed by atoms with E-state index in [4.69, 9.17) is 18.7 Å². The summed E-state index contributed by atoms with van der Waals surface area (Å²) in [6.07, 6.45) is 0. The van der Waals surface area contributed by atoms with Crippen molar-refractivity contribution in [3.05, 3.63) is 119 Å². The first-order chi connectivity index (χ1) is 21.7. The molecular formula is C40H32N4S. The van der Waals surface area contributed by atoms with Gasteiger partial charge in [-0.25, -0.2) is 9.97 Å². The predicted molar refractivity (Wildman–Crippen MR) is 186 cm³/mol. The van der Waals surface area contributed by atoms with E-state index in [0.717, 1.165) is 55.7 Å². The van der Waals surface area contributed by atoms with Crippen LogP contribution in [0.1, 0.15) is 61.3 Å². The van der Waals surface area contributed by atoms with E-state index in [1.54, 1.807) is 0 Å². The number of aryl methyl sites for hydroxylation is 2. The SMILES string of the molecule is Cc1nc2c(-c3ccc4c(c3)C(C)(C)c3ccccc3-4)c3nsnc3c(-c3ccc4c(c3)C(C)(C)c3ccccc3-4)c2nc1C. The van der Waals surface area contributed by atoms with E-state index in [-0.39, 0.29) is 10.8 Å². The quantitative estimate of drug-likeness (QED) is 0.198. The Labute approximate surface area is 267 Å². The smallest absolute Gasteiger partial charge is 0.115 e. The van der Waals surface area contributed by atoms with Crippen molar-refractivity contribution < 1.29 is 0 Å². The molecule has 2 aromatic heterocycles. The van der Waals surface area contributed by atoms with E-state index in [1.165, 1.54) is 56.2 Å². The van der Waals surface area contributed by atoms with Crippen LogP contribution in [-0.2, 0) is 10.8 Å². The number of rotatable bonds is 2. The van der Waals surface area contributed by atoms with Crippen molar-refractivity contribution in [1.29, 1.82) is 0 Å². The summed E-state index contributed by atoms with van der Waals surface area (Å²) in [5.41, 5.74) is 20.0. The average Bonchev–Trinajstić information content (AvgIpc) is 3.67. The van der Waals surface area contributed by atoms with E-state index in [0.29, 0.717) is 0 Å². The van der Waals surface area contributed by atoms with Crippen molar-refractivity contribution >= 4 is 33.8 Å². The molecule has 0 bridgehead atoms. The highest BCUT2D eigenvalue weighted by Gasteiger charge is 2.37. The molecule has 0 spiro atoms. The summed E-state index contributed by atoms with van der Waals surface area (Å²) in [5, 5.41) is 0. The second-order valence-electron chi connectivity index (χ2n) is 13.7. The molecule has 0 unspecified atom stereocenters. The van der Waals surface area contributed by atoms with Crippen molar-refractivity contribution in [3.63, 3.8) is 0 Å². The first-order valence-electron chi connectivity index (χ1n) is 15.6. The summed E-state index contributed by atoms with van der Waals surface area (Å²) in [4.78, 5) is 10.5. The highest BCUT2D eigenvalue weighted by Crippen LogP contribution is 2.52. The van der Waals surface area contributed by atoms with Gasteiger partial charge in [0.1, 0.15) is 11.0 Å². The van der Waals surface area contributed by atoms with Crippen LogP contribution in [0.4, 0.5) is 0 Å². The molecular weight excluding hydrogens is 569 g/mol. The third kappa shape index (κ3) is 3.47. The van der Waals surface area contributed by atoms with Crippen LogP contribution in [0, 0.1) is 13.8 Å². The lowest BCUT2D eigenvalue weighted by atomic mass is 9.81. The van der Waals surface area contributed by atoms with Gasteiger partial charge in [0.25, 0.3) is 0 Å². The minimum absolute atomic E-state index is 0.107. The Morgan fingerprint density at radius 1 is 0.467 bits per heavy atom. The maximum atomic E-state index is 5.24. The molecule has 5 aromatic carbocycles. The van der Waals surface area contributed by atoms with E-state index in [1.807, 2.05) is 13.8 Å². The van der Waals surface area contributed by atoms with Crippen LogP contribution < -0.4 is 0 Å². The highest BCUT2D eigenvalue weighted by molar-refractivity contribution is 7.00. The Kier molecular flexibility index (Phi) is 5.28. The topological polar surface area (TPSA) is 51.6 Å². The molecule has 218 valence electrons. The Morgan fingerprint density at radius 3 is 1.31 bits per heavy atom. The maximum absolute atomic E-state index is 5.24. The first-order valence-corrected chi connectivity index (χ1v) is 16.3. The van der Waals surface area contributed by atoms with Crippen LogP contribution in [0.25, 0.3) is 66.6 Å². The fourth-order valence-electron chi connectivity index (χ4n) is 7.96. The van der Waals surface area contributed by atoms with Crippen LogP contribution >= 0.6 is 11.7 Å². The van der Waals surface area contributed by atoms with Gasteiger partial charge in [-0.05, 0) is 81.6 Å². The van der Waals surface area contributed by atoms with E-state index >= 15 is 0 Å². The molecule has 0 fully saturated rings. The number of nitrogens with zero attached hydrogens (tertiary/aromatic N) is 4. The normalized spacial score (nSPS) is 15.2. The standard InChI is InChI=1S/C40H32N4S/c1-21-22(2)42-36-34(24-16-18-28-26-12-8-10-14-30(26)40(5,6)32(28)20-24)38-37(43-45-44-38)33(35(36)41-21)23-15-17-27-25-11-7-9-13-29(25)39(3,4)31(27)19-23/h7-20H,1-6H3. The summed E-state index contributed by atoms with van der Waals surface area (Å²) in [6, 6.07) is 31.3. The van der Waals surface area contributed by atoms with Crippen molar-refractivity contribution in [3.8, 4) is 44.5 Å². The molecule has 7 aromatic rings. The molecule has 4 nitrogen and oxygen atoms in total. The molecule has 2 heterocycles. The van der Waals surface area contributed by atoms with Crippen LogP contribution in [0.5, 0.6) is 0 Å². The summed E-state index contributed by atoms with van der Waals surface area (Å²) >= 11 is 1.26. The zero-order valence-electron chi connectivity index (χ0n) is 26.3. The number of hydrogen-bond acceptors (Lipinski definition) is 5. The molecule has 0 radical (unpaired) electrons. The van der Waals surface area contributed by atoms with Crippen molar-refractivity contribution in [1.82, 2.24) is 18.7 Å². The van der Waals surface area contributed by atoms with Crippen LogP contribution in [-0.4, -0.2) is 18.7 Å². The second kappa shape index (κ2) is 8.92. The van der Waals surface area contributed by atoms with Gasteiger partial charge in [0.15, 0.2) is 0 Å². The molecule has 0 amide bonds. The van der Waals surface area contributed by atoms with Gasteiger partial charge < -0.3 is 0 Å². The molecule has 0 N–H and O–H groups in total. The van der Waals surface area contributed by atoms with Crippen molar-refractivity contribution in [2.45, 2.75) is 52.4 Å². The Hall–Kier alpha value is -4.74. The lowest BCUT2D eigenvalue weighted by Gasteiger charge is -2.23. The molecule has 0 saturated carbocycles. The summed E-state index contributed by atoms with van der Waals surface area (Å²) in [5.74, 6) is 0. The molecule has 0 saturated heterocycles. The fraction of sp³-hybridized carbons (Fsp3) is 0.200. The van der Waals surface area contributed by atoms with Gasteiger partial charge in [0, 0.05) is 22.0 Å². The Balaban J connectivity index is 1.32. The van der Waals surface area contributed by atoms with E-state index in [2.05, 4.69) is 113 Å². The number of benzene rings is 5. The molecule has 2 aliphatic rings. The van der Waals surface area contributed by atoms with Crippen LogP contribution in [0.3, 0.4) is 0 Å². The predicted octanol–water partition coefficient (Wildman–Crippen LogP) is 10.2. The second-order valence-corrected chi connectivity index (χ2v) is 14.2. The van der Waals surface area contributed by atoms with Gasteiger partial charge in [-0.15, -0.1) is 0 Å². The van der Waals surface area contributed by atoms with Gasteiger partial charge in [-0.1, -0.05) is 100 Å². The Bertz CT molecular complexity index is 2250. The number of fused-ring (bicyclic) bond motifs is 8. The lowest BCUT2D eigenvalue weighted by Crippen LogP contribution is -2.15. The zero-order chi connectivity index (χ0) is 30.8. The Morgan fingerprint density at radius 2 is 0.867 bits per heavy atom. The summed E-state index contributed by atoms with van der Waals surface area (Å²) in [7, 11) is 0. The molecule has 9 rings (SSSR count). The molecule has 0 aliphatic heterocycles. The number of hydrogen-bond donors (Lipinski definition) is 0. The molecule has 45 heavy (non-hydrogen) atoms. The van der Waals surface area contributed by atoms with Gasteiger partial charge in [0.05, 0.1) is 34.1 Å². The van der Waals surface area contributed by atoms with Crippen LogP contribution in [0.15, 0.2) is 84.9 Å². The summed E-state index contributed by atoms with van der Waals surface area (Å²) < 4.78 is 9.90. The lowest BCUT2D eigenvalue weighted by molar-refractivity contribution is 0.660. The van der Waals surface area contributed by atoms with E-state index in [9.17, 15) is 0 Å². The van der Waals surface area contributed by atoms with Gasteiger partial charge in [-0.2, -0.15) is 8.75 Å². The van der Waals surface area contributed by atoms with E-state index < -0.39 is 0 Å². The average molecular weight is 601 g/mol. The summed E-state index contributed by atoms with van der Waals surface area (Å²) in [6.45, 7) is 13.4. The molecule has 0 atom stereocenters. The van der Waals surface area contributed by atoms with Gasteiger partial charge >= 0.3 is 0 Å².